The van der Waals surface area contributed by atoms with Gasteiger partial charge in [0, 0.05) is 48.3 Å². The molecule has 3 aliphatic carbocycles. The van der Waals surface area contributed by atoms with Crippen molar-refractivity contribution in [3.05, 3.63) is 65.2 Å². The predicted molar refractivity (Wildman–Crippen MR) is 147 cm³/mol. The summed E-state index contributed by atoms with van der Waals surface area (Å²) in [5, 5.41) is 3.15. The Morgan fingerprint density at radius 3 is 1.97 bits per heavy atom. The number of rotatable bonds is 7. The van der Waals surface area contributed by atoms with Crippen LogP contribution in [0.3, 0.4) is 0 Å². The number of Topliss-reactive ketones (excluding diaryl/α,β-unsaturated/α-hetero) is 2. The van der Waals surface area contributed by atoms with E-state index in [1.807, 2.05) is 43.4 Å². The summed E-state index contributed by atoms with van der Waals surface area (Å²) < 4.78 is 0. The number of carbonyl (C=O) groups is 3. The maximum Gasteiger partial charge on any atom is 0.227 e. The molecule has 0 bridgehead atoms. The van der Waals surface area contributed by atoms with Crippen molar-refractivity contribution in [3.8, 4) is 0 Å². The lowest BCUT2D eigenvalue weighted by Crippen LogP contribution is -2.53. The zero-order valence-electron chi connectivity index (χ0n) is 22.1. The summed E-state index contributed by atoms with van der Waals surface area (Å²) in [6.45, 7) is 0. The van der Waals surface area contributed by atoms with Gasteiger partial charge in [0.05, 0.1) is 5.92 Å². The van der Waals surface area contributed by atoms with E-state index in [1.54, 1.807) is 12.1 Å². The van der Waals surface area contributed by atoms with Crippen molar-refractivity contribution in [2.45, 2.75) is 89.1 Å². The van der Waals surface area contributed by atoms with Gasteiger partial charge >= 0.3 is 0 Å². The van der Waals surface area contributed by atoms with Gasteiger partial charge in [-0.05, 0) is 49.8 Å². The molecule has 5 nitrogen and oxygen atoms in total. The van der Waals surface area contributed by atoms with Crippen LogP contribution in [0.1, 0.15) is 96.9 Å². The molecule has 0 aromatic heterocycles. The van der Waals surface area contributed by atoms with Crippen LogP contribution in [0.25, 0.3) is 0 Å². The second-order valence-corrected chi connectivity index (χ2v) is 11.2. The minimum atomic E-state index is -0.617. The number of ketones is 2. The molecular weight excluding hydrogens is 460 g/mol. The van der Waals surface area contributed by atoms with Crippen molar-refractivity contribution in [2.75, 3.05) is 12.4 Å². The summed E-state index contributed by atoms with van der Waals surface area (Å²) in [5.74, 6) is -1.12. The molecule has 0 saturated heterocycles. The number of amides is 1. The van der Waals surface area contributed by atoms with E-state index < -0.39 is 11.8 Å². The van der Waals surface area contributed by atoms with Crippen LogP contribution >= 0.6 is 0 Å². The number of nitrogens with one attached hydrogen (secondary N) is 1. The lowest BCUT2D eigenvalue weighted by molar-refractivity contribution is -0.144. The molecule has 0 spiro atoms. The van der Waals surface area contributed by atoms with Crippen molar-refractivity contribution in [1.29, 1.82) is 0 Å². The first kappa shape index (κ1) is 25.7. The molecule has 2 saturated carbocycles. The largest absolute Gasteiger partial charge is 0.388 e. The van der Waals surface area contributed by atoms with Gasteiger partial charge in [-0.1, -0.05) is 74.9 Å². The van der Waals surface area contributed by atoms with E-state index in [0.717, 1.165) is 62.6 Å². The second kappa shape index (κ2) is 11.6. The lowest BCUT2D eigenvalue weighted by Gasteiger charge is -2.44. The molecule has 196 valence electrons. The van der Waals surface area contributed by atoms with Crippen LogP contribution in [-0.2, 0) is 11.2 Å². The fourth-order valence-corrected chi connectivity index (χ4v) is 6.90. The molecule has 2 aromatic carbocycles. The SMILES string of the molecule is CNc1ccc(C[C@H](C(=O)N(C2CCCCC2)C2CCCCC2)C2CC(=O)c3ccccc3C2=O)cc1. The van der Waals surface area contributed by atoms with Crippen LogP contribution < -0.4 is 5.32 Å². The molecular formula is C32H40N2O3. The summed E-state index contributed by atoms with van der Waals surface area (Å²) in [4.78, 5) is 43.9. The van der Waals surface area contributed by atoms with E-state index in [1.165, 1.54) is 12.8 Å². The summed E-state index contributed by atoms with van der Waals surface area (Å²) in [6, 6.07) is 15.7. The number of anilines is 1. The average molecular weight is 501 g/mol. The number of carbonyl (C=O) groups excluding carboxylic acids is 3. The normalized spacial score (nSPS) is 21.8. The number of hydrogen-bond donors (Lipinski definition) is 1. The van der Waals surface area contributed by atoms with Crippen molar-refractivity contribution in [2.24, 2.45) is 11.8 Å². The fourth-order valence-electron chi connectivity index (χ4n) is 6.90. The average Bonchev–Trinajstić information content (AvgIpc) is 2.95. The van der Waals surface area contributed by atoms with Crippen LogP contribution in [0.2, 0.25) is 0 Å². The van der Waals surface area contributed by atoms with Gasteiger partial charge in [0.1, 0.15) is 0 Å². The van der Waals surface area contributed by atoms with Gasteiger partial charge in [-0.3, -0.25) is 14.4 Å². The minimum Gasteiger partial charge on any atom is -0.388 e. The molecule has 5 rings (SSSR count). The van der Waals surface area contributed by atoms with E-state index in [0.29, 0.717) is 17.5 Å². The third kappa shape index (κ3) is 5.51. The zero-order chi connectivity index (χ0) is 25.8. The van der Waals surface area contributed by atoms with E-state index in [2.05, 4.69) is 10.2 Å². The van der Waals surface area contributed by atoms with Crippen molar-refractivity contribution >= 4 is 23.2 Å². The Balaban J connectivity index is 1.52. The van der Waals surface area contributed by atoms with Crippen LogP contribution in [0.5, 0.6) is 0 Å². The fraction of sp³-hybridized carbons (Fsp3) is 0.531. The van der Waals surface area contributed by atoms with E-state index >= 15 is 0 Å². The van der Waals surface area contributed by atoms with Gasteiger partial charge < -0.3 is 10.2 Å². The highest BCUT2D eigenvalue weighted by Crippen LogP contribution is 2.37. The number of hydrogen-bond acceptors (Lipinski definition) is 4. The first-order chi connectivity index (χ1) is 18.1. The van der Waals surface area contributed by atoms with Gasteiger partial charge in [0.2, 0.25) is 5.91 Å². The van der Waals surface area contributed by atoms with Gasteiger partial charge in [-0.2, -0.15) is 0 Å². The smallest absolute Gasteiger partial charge is 0.227 e. The first-order valence-electron chi connectivity index (χ1n) is 14.3. The summed E-state index contributed by atoms with van der Waals surface area (Å²) in [5.41, 5.74) is 3.03. The molecule has 1 N–H and O–H groups in total. The molecule has 37 heavy (non-hydrogen) atoms. The van der Waals surface area contributed by atoms with Gasteiger partial charge in [0.15, 0.2) is 11.6 Å². The highest BCUT2D eigenvalue weighted by Gasteiger charge is 2.44. The topological polar surface area (TPSA) is 66.5 Å². The molecule has 2 atom stereocenters. The molecule has 0 aliphatic heterocycles. The van der Waals surface area contributed by atoms with Crippen LogP contribution in [-0.4, -0.2) is 41.5 Å². The van der Waals surface area contributed by atoms with Gasteiger partial charge in [0.25, 0.3) is 0 Å². The minimum absolute atomic E-state index is 0.0228. The van der Waals surface area contributed by atoms with Gasteiger partial charge in [-0.15, -0.1) is 0 Å². The maximum atomic E-state index is 14.7. The molecule has 0 radical (unpaired) electrons. The third-order valence-corrected chi connectivity index (χ3v) is 8.93. The first-order valence-corrected chi connectivity index (χ1v) is 14.3. The molecule has 0 heterocycles. The Kier molecular flexibility index (Phi) is 8.07. The van der Waals surface area contributed by atoms with E-state index in [4.69, 9.17) is 0 Å². The van der Waals surface area contributed by atoms with Crippen LogP contribution in [0, 0.1) is 11.8 Å². The Bertz CT molecular complexity index is 1100. The number of nitrogens with zero attached hydrogens (tertiary/aromatic N) is 1. The molecule has 2 aromatic rings. The van der Waals surface area contributed by atoms with Gasteiger partial charge in [-0.25, -0.2) is 0 Å². The highest BCUT2D eigenvalue weighted by molar-refractivity contribution is 6.15. The summed E-state index contributed by atoms with van der Waals surface area (Å²) in [6.07, 6.45) is 11.9. The zero-order valence-corrected chi connectivity index (χ0v) is 22.1. The summed E-state index contributed by atoms with van der Waals surface area (Å²) in [7, 11) is 1.89. The molecule has 2 fully saturated rings. The Morgan fingerprint density at radius 2 is 1.41 bits per heavy atom. The Labute approximate surface area is 221 Å². The van der Waals surface area contributed by atoms with E-state index in [9.17, 15) is 14.4 Å². The molecule has 1 unspecified atom stereocenters. The van der Waals surface area contributed by atoms with E-state index in [-0.39, 0.29) is 36.0 Å². The maximum absolute atomic E-state index is 14.7. The summed E-state index contributed by atoms with van der Waals surface area (Å²) >= 11 is 0. The molecule has 1 amide bonds. The standard InChI is InChI=1S/C32H40N2O3/c1-33-23-18-16-22(17-19-23)20-29(28-21-30(35)26-14-8-9-15-27(26)31(28)36)32(37)34(24-10-4-2-5-11-24)25-12-6-3-7-13-25/h8-9,14-19,24-25,28-29,33H,2-7,10-13,20-21H2,1H3/t28?,29-/m0/s1. The Morgan fingerprint density at radius 1 is 0.838 bits per heavy atom. The van der Waals surface area contributed by atoms with Crippen LogP contribution in [0.4, 0.5) is 5.69 Å². The highest BCUT2D eigenvalue weighted by atomic mass is 16.2. The Hall–Kier alpha value is -2.95. The second-order valence-electron chi connectivity index (χ2n) is 11.2. The lowest BCUT2D eigenvalue weighted by atomic mass is 9.72. The molecule has 3 aliphatic rings. The van der Waals surface area contributed by atoms with Crippen molar-refractivity contribution < 1.29 is 14.4 Å². The van der Waals surface area contributed by atoms with Crippen molar-refractivity contribution in [3.63, 3.8) is 0 Å². The number of fused-ring (bicyclic) bond motifs is 1. The monoisotopic (exact) mass is 500 g/mol. The van der Waals surface area contributed by atoms with Crippen molar-refractivity contribution in [1.82, 2.24) is 4.90 Å². The molecule has 5 heteroatoms. The van der Waals surface area contributed by atoms with Crippen LogP contribution in [0.15, 0.2) is 48.5 Å². The number of benzene rings is 2. The quantitative estimate of drug-likeness (QED) is 0.473. The predicted octanol–water partition coefficient (Wildman–Crippen LogP) is 6.47. The third-order valence-electron chi connectivity index (χ3n) is 8.93.